The molecule has 0 aliphatic rings. The second-order valence-corrected chi connectivity index (χ2v) is 7.00. The van der Waals surface area contributed by atoms with Gasteiger partial charge in [0, 0.05) is 30.7 Å². The highest BCUT2D eigenvalue weighted by atomic mass is 19.2. The predicted octanol–water partition coefficient (Wildman–Crippen LogP) is 3.88. The van der Waals surface area contributed by atoms with Crippen LogP contribution in [0.5, 0.6) is 0 Å². The van der Waals surface area contributed by atoms with Crippen molar-refractivity contribution >= 4 is 22.4 Å². The summed E-state index contributed by atoms with van der Waals surface area (Å²) in [4.78, 5) is 25.3. The summed E-state index contributed by atoms with van der Waals surface area (Å²) in [6, 6.07) is 11.5. The monoisotopic (exact) mass is 408 g/mol. The van der Waals surface area contributed by atoms with Crippen molar-refractivity contribution < 1.29 is 13.6 Å². The average molecular weight is 408 g/mol. The van der Waals surface area contributed by atoms with Gasteiger partial charge in [0.25, 0.3) is 5.56 Å². The number of amides is 1. The molecule has 0 fully saturated rings. The third kappa shape index (κ3) is 3.59. The number of rotatable bonds is 4. The molecule has 1 amide bonds. The molecule has 0 aliphatic heterocycles. The van der Waals surface area contributed by atoms with Crippen LogP contribution < -0.4 is 10.9 Å². The van der Waals surface area contributed by atoms with E-state index in [1.807, 2.05) is 31.4 Å². The van der Waals surface area contributed by atoms with Crippen molar-refractivity contribution in [2.24, 2.45) is 7.05 Å². The normalized spacial score (nSPS) is 12.1. The van der Waals surface area contributed by atoms with Gasteiger partial charge in [-0.1, -0.05) is 12.1 Å². The Balaban J connectivity index is 1.56. The Hall–Kier alpha value is -3.81. The highest BCUT2D eigenvalue weighted by Gasteiger charge is 2.18. The Labute approximate surface area is 170 Å². The number of fused-ring (bicyclic) bond motifs is 1. The van der Waals surface area contributed by atoms with Gasteiger partial charge >= 0.3 is 0 Å². The topological polar surface area (TPSA) is 68.9 Å². The minimum absolute atomic E-state index is 0.00997. The zero-order valence-electron chi connectivity index (χ0n) is 16.3. The summed E-state index contributed by atoms with van der Waals surface area (Å²) < 4.78 is 29.8. The Bertz CT molecular complexity index is 1310. The van der Waals surface area contributed by atoms with Gasteiger partial charge in [0.1, 0.15) is 6.04 Å². The van der Waals surface area contributed by atoms with Gasteiger partial charge in [-0.25, -0.2) is 8.78 Å². The van der Waals surface area contributed by atoms with Crippen molar-refractivity contribution in [3.05, 3.63) is 82.9 Å². The number of halogens is 2. The lowest BCUT2D eigenvalue weighted by molar-refractivity contribution is -0.118. The Morgan fingerprint density at radius 1 is 1.03 bits per heavy atom. The van der Waals surface area contributed by atoms with Gasteiger partial charge in [-0.2, -0.15) is 5.10 Å². The second-order valence-electron chi connectivity index (χ2n) is 7.00. The van der Waals surface area contributed by atoms with Gasteiger partial charge < -0.3 is 9.88 Å². The molecule has 4 aromatic rings. The van der Waals surface area contributed by atoms with Crippen molar-refractivity contribution in [1.82, 2.24) is 14.3 Å². The van der Waals surface area contributed by atoms with Gasteiger partial charge in [-0.15, -0.1) is 0 Å². The SMILES string of the molecule is C[C@H](C(=O)Nc1ccc(-c2ccn(C)n2)cc1)n1ccc2cc(F)c(F)cc2c1=O. The van der Waals surface area contributed by atoms with Crippen LogP contribution in [0.15, 0.2) is 65.7 Å². The van der Waals surface area contributed by atoms with Crippen LogP contribution in [0.2, 0.25) is 0 Å². The van der Waals surface area contributed by atoms with Crippen LogP contribution in [0.4, 0.5) is 14.5 Å². The fourth-order valence-corrected chi connectivity index (χ4v) is 3.22. The molecule has 0 saturated heterocycles. The molecule has 0 saturated carbocycles. The van der Waals surface area contributed by atoms with E-state index in [1.165, 1.54) is 16.8 Å². The molecule has 0 unspecified atom stereocenters. The van der Waals surface area contributed by atoms with E-state index in [2.05, 4.69) is 10.4 Å². The first-order valence-electron chi connectivity index (χ1n) is 9.24. The lowest BCUT2D eigenvalue weighted by Crippen LogP contribution is -2.31. The molecule has 0 spiro atoms. The molecule has 0 aliphatic carbocycles. The van der Waals surface area contributed by atoms with Crippen LogP contribution in [0.1, 0.15) is 13.0 Å². The first kappa shape index (κ1) is 19.5. The molecule has 1 N–H and O–H groups in total. The molecule has 4 rings (SSSR count). The minimum atomic E-state index is -1.11. The molecular weight excluding hydrogens is 390 g/mol. The summed E-state index contributed by atoms with van der Waals surface area (Å²) >= 11 is 0. The van der Waals surface area contributed by atoms with E-state index in [0.717, 1.165) is 23.4 Å². The molecule has 2 heterocycles. The van der Waals surface area contributed by atoms with Gasteiger partial charge in [0.05, 0.1) is 11.1 Å². The maximum absolute atomic E-state index is 13.6. The maximum atomic E-state index is 13.6. The lowest BCUT2D eigenvalue weighted by atomic mass is 10.1. The Kier molecular flexibility index (Phi) is 4.91. The fraction of sp³-hybridized carbons (Fsp3) is 0.136. The van der Waals surface area contributed by atoms with E-state index in [9.17, 15) is 18.4 Å². The van der Waals surface area contributed by atoms with Crippen LogP contribution in [0.3, 0.4) is 0 Å². The number of pyridine rings is 1. The van der Waals surface area contributed by atoms with Gasteiger partial charge in [0.2, 0.25) is 5.91 Å². The third-order valence-electron chi connectivity index (χ3n) is 4.93. The van der Waals surface area contributed by atoms with Crippen LogP contribution in [0, 0.1) is 11.6 Å². The van der Waals surface area contributed by atoms with Crippen LogP contribution in [0.25, 0.3) is 22.0 Å². The standard InChI is InChI=1S/C22H18F2N4O2/c1-13(28-10-7-15-11-18(23)19(24)12-17(15)22(28)30)21(29)25-16-5-3-14(4-6-16)20-8-9-27(2)26-20/h3-13H,1-2H3,(H,25,29)/t13-/m1/s1. The highest BCUT2D eigenvalue weighted by Crippen LogP contribution is 2.21. The number of carbonyl (C=O) groups excluding carboxylic acids is 1. The summed E-state index contributed by atoms with van der Waals surface area (Å²) in [6.07, 6.45) is 3.24. The van der Waals surface area contributed by atoms with Crippen LogP contribution >= 0.6 is 0 Å². The van der Waals surface area contributed by atoms with E-state index < -0.39 is 29.1 Å². The summed E-state index contributed by atoms with van der Waals surface area (Å²) in [5, 5.41) is 7.37. The van der Waals surface area contributed by atoms with Crippen LogP contribution in [-0.2, 0) is 11.8 Å². The highest BCUT2D eigenvalue weighted by molar-refractivity contribution is 5.94. The van der Waals surface area contributed by atoms with Crippen molar-refractivity contribution in [1.29, 1.82) is 0 Å². The average Bonchev–Trinajstić information content (AvgIpc) is 3.16. The van der Waals surface area contributed by atoms with E-state index in [4.69, 9.17) is 0 Å². The van der Waals surface area contributed by atoms with Crippen LogP contribution in [-0.4, -0.2) is 20.3 Å². The summed E-state index contributed by atoms with van der Waals surface area (Å²) in [7, 11) is 1.83. The zero-order valence-corrected chi connectivity index (χ0v) is 16.3. The third-order valence-corrected chi connectivity index (χ3v) is 4.93. The number of nitrogens with zero attached hydrogens (tertiary/aromatic N) is 3. The molecule has 8 heteroatoms. The predicted molar refractivity (Wildman–Crippen MR) is 110 cm³/mol. The zero-order chi connectivity index (χ0) is 21.4. The quantitative estimate of drug-likeness (QED) is 0.557. The Morgan fingerprint density at radius 3 is 2.40 bits per heavy atom. The molecular formula is C22H18F2N4O2. The van der Waals surface area contributed by atoms with E-state index in [1.54, 1.807) is 23.7 Å². The number of aromatic nitrogens is 3. The molecule has 0 radical (unpaired) electrons. The minimum Gasteiger partial charge on any atom is -0.324 e. The maximum Gasteiger partial charge on any atom is 0.259 e. The number of aryl methyl sites for hydroxylation is 1. The number of hydrogen-bond acceptors (Lipinski definition) is 3. The summed E-state index contributed by atoms with van der Waals surface area (Å²) in [5.41, 5.74) is 1.71. The van der Waals surface area contributed by atoms with Gasteiger partial charge in [-0.05, 0) is 48.7 Å². The van der Waals surface area contributed by atoms with Crippen molar-refractivity contribution in [2.75, 3.05) is 5.32 Å². The summed E-state index contributed by atoms with van der Waals surface area (Å²) in [6.45, 7) is 1.56. The van der Waals surface area contributed by atoms with E-state index >= 15 is 0 Å². The molecule has 2 aromatic carbocycles. The van der Waals surface area contributed by atoms with Gasteiger partial charge in [-0.3, -0.25) is 14.3 Å². The summed E-state index contributed by atoms with van der Waals surface area (Å²) in [5.74, 6) is -2.55. The molecule has 152 valence electrons. The lowest BCUT2D eigenvalue weighted by Gasteiger charge is -2.16. The van der Waals surface area contributed by atoms with E-state index in [0.29, 0.717) is 5.69 Å². The molecule has 30 heavy (non-hydrogen) atoms. The first-order chi connectivity index (χ1) is 14.3. The van der Waals surface area contributed by atoms with Crippen molar-refractivity contribution in [3.63, 3.8) is 0 Å². The van der Waals surface area contributed by atoms with Crippen molar-refractivity contribution in [3.8, 4) is 11.3 Å². The number of anilines is 1. The molecule has 6 nitrogen and oxygen atoms in total. The number of nitrogens with one attached hydrogen (secondary N) is 1. The van der Waals surface area contributed by atoms with Crippen molar-refractivity contribution in [2.45, 2.75) is 13.0 Å². The molecule has 1 atom stereocenters. The van der Waals surface area contributed by atoms with Gasteiger partial charge in [0.15, 0.2) is 11.6 Å². The molecule has 2 aromatic heterocycles. The fourth-order valence-electron chi connectivity index (χ4n) is 3.22. The second kappa shape index (κ2) is 7.55. The Morgan fingerprint density at radius 2 is 1.73 bits per heavy atom. The van der Waals surface area contributed by atoms with E-state index in [-0.39, 0.29) is 10.8 Å². The number of hydrogen-bond donors (Lipinski definition) is 1. The molecule has 0 bridgehead atoms. The smallest absolute Gasteiger partial charge is 0.259 e. The number of carbonyl (C=O) groups is 1. The largest absolute Gasteiger partial charge is 0.324 e. The number of benzene rings is 2. The first-order valence-corrected chi connectivity index (χ1v) is 9.24.